The first-order valence-electron chi connectivity index (χ1n) is 9.17. The van der Waals surface area contributed by atoms with Crippen molar-refractivity contribution in [3.63, 3.8) is 0 Å². The van der Waals surface area contributed by atoms with Gasteiger partial charge in [0.05, 0.1) is 24.8 Å². The molecule has 0 bridgehead atoms. The number of hydrogen-bond donors (Lipinski definition) is 2. The minimum Gasteiger partial charge on any atom is -0.497 e. The monoisotopic (exact) mass is 426 g/mol. The number of methoxy groups -OCH3 is 1. The van der Waals surface area contributed by atoms with E-state index in [1.807, 2.05) is 24.3 Å². The van der Waals surface area contributed by atoms with Gasteiger partial charge in [0.25, 0.3) is 0 Å². The van der Waals surface area contributed by atoms with Gasteiger partial charge >= 0.3 is 0 Å². The van der Waals surface area contributed by atoms with Crippen LogP contribution < -0.4 is 14.8 Å². The summed E-state index contributed by atoms with van der Waals surface area (Å²) in [6.07, 6.45) is 4.51. The Labute approximate surface area is 175 Å². The Kier molecular flexibility index (Phi) is 7.05. The number of benzene rings is 2. The highest BCUT2D eigenvalue weighted by Crippen LogP contribution is 2.13. The maximum atomic E-state index is 12.3. The first-order chi connectivity index (χ1) is 14.5. The summed E-state index contributed by atoms with van der Waals surface area (Å²) in [6.45, 7) is 0.469. The maximum Gasteiger partial charge on any atom is 0.244 e. The Morgan fingerprint density at radius 3 is 2.40 bits per heavy atom. The molecule has 0 aliphatic carbocycles. The third-order valence-corrected chi connectivity index (χ3v) is 5.68. The average Bonchev–Trinajstić information content (AvgIpc) is 3.29. The molecule has 0 radical (unpaired) electrons. The van der Waals surface area contributed by atoms with Crippen LogP contribution >= 0.6 is 0 Å². The van der Waals surface area contributed by atoms with Gasteiger partial charge in [-0.1, -0.05) is 24.3 Å². The molecule has 30 heavy (non-hydrogen) atoms. The molecule has 0 saturated heterocycles. The number of carbonyl (C=O) groups excluding carboxylic acids is 1. The summed E-state index contributed by atoms with van der Waals surface area (Å²) in [6, 6.07) is 17.0. The minimum atomic E-state index is -3.65. The first kappa shape index (κ1) is 21.4. The second-order valence-electron chi connectivity index (χ2n) is 6.37. The quantitative estimate of drug-likeness (QED) is 0.513. The zero-order valence-corrected chi connectivity index (χ0v) is 17.2. The highest BCUT2D eigenvalue weighted by molar-refractivity contribution is 7.89. The van der Waals surface area contributed by atoms with Crippen LogP contribution in [0.1, 0.15) is 16.9 Å². The van der Waals surface area contributed by atoms with Gasteiger partial charge in [0.15, 0.2) is 0 Å². The van der Waals surface area contributed by atoms with Gasteiger partial charge in [0.1, 0.15) is 11.5 Å². The first-order valence-corrected chi connectivity index (χ1v) is 10.7. The molecule has 0 aliphatic rings. The maximum absolute atomic E-state index is 12.3. The fourth-order valence-corrected chi connectivity index (χ4v) is 3.58. The summed E-state index contributed by atoms with van der Waals surface area (Å²) >= 11 is 0. The van der Waals surface area contributed by atoms with Crippen LogP contribution in [0, 0.1) is 0 Å². The summed E-state index contributed by atoms with van der Waals surface area (Å²) in [5, 5.41) is 2.79. The van der Waals surface area contributed by atoms with E-state index in [1.54, 1.807) is 37.5 Å². The van der Waals surface area contributed by atoms with Gasteiger partial charge in [0.2, 0.25) is 15.9 Å². The van der Waals surface area contributed by atoms with Gasteiger partial charge in [-0.25, -0.2) is 13.1 Å². The highest BCUT2D eigenvalue weighted by atomic mass is 32.2. The van der Waals surface area contributed by atoms with Crippen LogP contribution in [0.4, 0.5) is 0 Å². The number of ether oxygens (including phenoxy) is 1. The van der Waals surface area contributed by atoms with Crippen molar-refractivity contribution in [1.82, 2.24) is 10.0 Å². The number of sulfonamides is 1. The van der Waals surface area contributed by atoms with E-state index in [0.717, 1.165) is 11.3 Å². The van der Waals surface area contributed by atoms with Crippen LogP contribution in [0.3, 0.4) is 0 Å². The topological polar surface area (TPSA) is 97.6 Å². The number of carbonyl (C=O) groups is 1. The molecule has 0 atom stereocenters. The van der Waals surface area contributed by atoms with Crippen molar-refractivity contribution in [2.24, 2.45) is 0 Å². The van der Waals surface area contributed by atoms with Crippen molar-refractivity contribution in [3.05, 3.63) is 89.9 Å². The molecule has 3 aromatic rings. The molecule has 8 heteroatoms. The van der Waals surface area contributed by atoms with Gasteiger partial charge in [-0.3, -0.25) is 4.79 Å². The zero-order valence-electron chi connectivity index (χ0n) is 16.4. The summed E-state index contributed by atoms with van der Waals surface area (Å²) in [5.74, 6) is 1.04. The number of nitrogens with one attached hydrogen (secondary N) is 2. The van der Waals surface area contributed by atoms with Crippen LogP contribution in [0.5, 0.6) is 5.75 Å². The lowest BCUT2D eigenvalue weighted by atomic mass is 10.2. The molecule has 0 fully saturated rings. The summed E-state index contributed by atoms with van der Waals surface area (Å²) < 4.78 is 37.3. The fraction of sp³-hybridized carbons (Fsp3) is 0.136. The molecule has 2 N–H and O–H groups in total. The molecule has 0 spiro atoms. The molecular weight excluding hydrogens is 404 g/mol. The van der Waals surface area contributed by atoms with Gasteiger partial charge in [-0.15, -0.1) is 0 Å². The third kappa shape index (κ3) is 6.07. The van der Waals surface area contributed by atoms with Crippen molar-refractivity contribution < 1.29 is 22.4 Å². The Balaban J connectivity index is 1.52. The standard InChI is InChI=1S/C22H22N2O5S/c1-28-19-9-4-18(5-10-19)15-23-22(25)13-8-17-6-11-21(12-7-17)30(26,27)24-16-20-3-2-14-29-20/h2-14,24H,15-16H2,1H3,(H,23,25)/b13-8+. The molecular formula is C22H22N2O5S. The van der Waals surface area contributed by atoms with Crippen LogP contribution in [0.25, 0.3) is 6.08 Å². The van der Waals surface area contributed by atoms with Crippen molar-refractivity contribution in [1.29, 1.82) is 0 Å². The van der Waals surface area contributed by atoms with Crippen LogP contribution in [0.15, 0.2) is 82.3 Å². The Morgan fingerprint density at radius 2 is 1.77 bits per heavy atom. The molecule has 1 aromatic heterocycles. The molecule has 3 rings (SSSR count). The van der Waals surface area contributed by atoms with E-state index >= 15 is 0 Å². The second-order valence-corrected chi connectivity index (χ2v) is 8.14. The number of furan rings is 1. The number of hydrogen-bond acceptors (Lipinski definition) is 5. The average molecular weight is 426 g/mol. The van der Waals surface area contributed by atoms with Crippen molar-refractivity contribution in [2.75, 3.05) is 7.11 Å². The Morgan fingerprint density at radius 1 is 1.03 bits per heavy atom. The molecule has 156 valence electrons. The molecule has 2 aromatic carbocycles. The molecule has 1 amide bonds. The largest absolute Gasteiger partial charge is 0.497 e. The van der Waals surface area contributed by atoms with Gasteiger partial charge in [-0.05, 0) is 53.6 Å². The second kappa shape index (κ2) is 9.91. The number of amides is 1. The van der Waals surface area contributed by atoms with Gasteiger partial charge < -0.3 is 14.5 Å². The lowest BCUT2D eigenvalue weighted by Crippen LogP contribution is -2.22. The lowest BCUT2D eigenvalue weighted by molar-refractivity contribution is -0.116. The van der Waals surface area contributed by atoms with E-state index in [2.05, 4.69) is 10.0 Å². The predicted octanol–water partition coefficient (Wildman–Crippen LogP) is 3.10. The van der Waals surface area contributed by atoms with E-state index in [9.17, 15) is 13.2 Å². The van der Waals surface area contributed by atoms with Crippen molar-refractivity contribution in [2.45, 2.75) is 18.0 Å². The van der Waals surface area contributed by atoms with E-state index in [1.165, 1.54) is 24.5 Å². The van der Waals surface area contributed by atoms with Gasteiger partial charge in [-0.2, -0.15) is 0 Å². The van der Waals surface area contributed by atoms with E-state index in [-0.39, 0.29) is 17.3 Å². The fourth-order valence-electron chi connectivity index (χ4n) is 2.58. The van der Waals surface area contributed by atoms with Gasteiger partial charge in [0, 0.05) is 12.6 Å². The zero-order chi connectivity index (χ0) is 21.4. The van der Waals surface area contributed by atoms with Crippen LogP contribution in [-0.2, 0) is 27.9 Å². The summed E-state index contributed by atoms with van der Waals surface area (Å²) in [4.78, 5) is 12.1. The van der Waals surface area contributed by atoms with Crippen LogP contribution in [0.2, 0.25) is 0 Å². The third-order valence-electron chi connectivity index (χ3n) is 4.26. The Hall–Kier alpha value is -3.36. The molecule has 0 aliphatic heterocycles. The highest BCUT2D eigenvalue weighted by Gasteiger charge is 2.13. The Bertz CT molecular complexity index is 1090. The van der Waals surface area contributed by atoms with E-state index < -0.39 is 10.0 Å². The normalized spacial score (nSPS) is 11.5. The summed E-state index contributed by atoms with van der Waals surface area (Å²) in [7, 11) is -2.05. The predicted molar refractivity (Wildman–Crippen MR) is 113 cm³/mol. The van der Waals surface area contributed by atoms with Crippen molar-refractivity contribution >= 4 is 22.0 Å². The minimum absolute atomic E-state index is 0.0748. The van der Waals surface area contributed by atoms with Crippen LogP contribution in [-0.4, -0.2) is 21.4 Å². The molecule has 1 heterocycles. The molecule has 0 saturated carbocycles. The molecule has 0 unspecified atom stereocenters. The smallest absolute Gasteiger partial charge is 0.244 e. The summed E-state index contributed by atoms with van der Waals surface area (Å²) in [5.41, 5.74) is 1.66. The van der Waals surface area contributed by atoms with E-state index in [4.69, 9.17) is 9.15 Å². The van der Waals surface area contributed by atoms with E-state index in [0.29, 0.717) is 17.9 Å². The molecule has 7 nitrogen and oxygen atoms in total. The SMILES string of the molecule is COc1ccc(CNC(=O)/C=C/c2ccc(S(=O)(=O)NCc3ccco3)cc2)cc1. The van der Waals surface area contributed by atoms with Crippen molar-refractivity contribution in [3.8, 4) is 5.75 Å². The number of rotatable bonds is 9. The lowest BCUT2D eigenvalue weighted by Gasteiger charge is -2.06.